The van der Waals surface area contributed by atoms with Gasteiger partial charge in [-0.3, -0.25) is 4.79 Å². The SMILES string of the molecule is Cc1cc2ncnn2cc1Nc1ncc2c(n1)C1(CCC(=N)CC1)C(=O)N2C. The Bertz CT molecular complexity index is 1120. The highest BCUT2D eigenvalue weighted by Gasteiger charge is 2.52. The number of aryl methyl sites for hydroxylation is 1. The number of hydrogen-bond acceptors (Lipinski definition) is 7. The number of anilines is 3. The minimum absolute atomic E-state index is 0.0571. The van der Waals surface area contributed by atoms with Crippen molar-refractivity contribution in [3.8, 4) is 0 Å². The van der Waals surface area contributed by atoms with E-state index in [9.17, 15) is 4.79 Å². The molecule has 28 heavy (non-hydrogen) atoms. The monoisotopic (exact) mass is 376 g/mol. The van der Waals surface area contributed by atoms with Crippen LogP contribution in [0.4, 0.5) is 17.3 Å². The van der Waals surface area contributed by atoms with Gasteiger partial charge >= 0.3 is 0 Å². The van der Waals surface area contributed by atoms with Crippen molar-refractivity contribution < 1.29 is 4.79 Å². The van der Waals surface area contributed by atoms with Crippen LogP contribution in [-0.4, -0.2) is 43.2 Å². The predicted molar refractivity (Wildman–Crippen MR) is 104 cm³/mol. The molecule has 5 rings (SSSR count). The first-order valence-electron chi connectivity index (χ1n) is 9.27. The first kappa shape index (κ1) is 16.8. The maximum absolute atomic E-state index is 13.0. The number of aromatic nitrogens is 5. The minimum Gasteiger partial charge on any atom is -0.323 e. The molecular weight excluding hydrogens is 356 g/mol. The van der Waals surface area contributed by atoms with E-state index < -0.39 is 5.41 Å². The van der Waals surface area contributed by atoms with Gasteiger partial charge in [-0.25, -0.2) is 19.5 Å². The average Bonchev–Trinajstić information content (AvgIpc) is 3.21. The average molecular weight is 376 g/mol. The fraction of sp³-hybridized carbons (Fsp3) is 0.368. The van der Waals surface area contributed by atoms with Gasteiger partial charge < -0.3 is 15.6 Å². The third kappa shape index (κ3) is 2.32. The van der Waals surface area contributed by atoms with Gasteiger partial charge in [0.05, 0.1) is 34.9 Å². The van der Waals surface area contributed by atoms with Crippen LogP contribution in [0.15, 0.2) is 24.8 Å². The first-order chi connectivity index (χ1) is 13.5. The summed E-state index contributed by atoms with van der Waals surface area (Å²) >= 11 is 0. The van der Waals surface area contributed by atoms with Gasteiger partial charge in [-0.1, -0.05) is 0 Å². The molecule has 1 fully saturated rings. The van der Waals surface area contributed by atoms with Gasteiger partial charge in [0.25, 0.3) is 0 Å². The van der Waals surface area contributed by atoms with Crippen LogP contribution in [0.25, 0.3) is 5.65 Å². The highest BCUT2D eigenvalue weighted by molar-refractivity contribution is 6.08. The zero-order valence-corrected chi connectivity index (χ0v) is 15.7. The Labute approximate surface area is 161 Å². The van der Waals surface area contributed by atoms with E-state index in [-0.39, 0.29) is 5.91 Å². The molecule has 2 aliphatic rings. The second-order valence-electron chi connectivity index (χ2n) is 7.54. The Morgan fingerprint density at radius 1 is 1.25 bits per heavy atom. The zero-order chi connectivity index (χ0) is 19.5. The standard InChI is InChI=1S/C19H20N8O/c1-11-7-15-22-10-23-27(15)9-13(11)24-18-21-8-14-16(25-18)19(17(28)26(14)2)5-3-12(20)4-6-19/h7-10,20H,3-6H2,1-2H3,(H,21,24,25). The van der Waals surface area contributed by atoms with Crippen molar-refractivity contribution in [3.05, 3.63) is 36.0 Å². The van der Waals surface area contributed by atoms with Crippen molar-refractivity contribution in [1.29, 1.82) is 5.41 Å². The summed E-state index contributed by atoms with van der Waals surface area (Å²) in [6.45, 7) is 1.98. The summed E-state index contributed by atoms with van der Waals surface area (Å²) in [5, 5.41) is 15.3. The first-order valence-corrected chi connectivity index (χ1v) is 9.27. The molecule has 0 aromatic carbocycles. The lowest BCUT2D eigenvalue weighted by atomic mass is 9.71. The predicted octanol–water partition coefficient (Wildman–Crippen LogP) is 2.38. The Hall–Kier alpha value is -3.36. The van der Waals surface area contributed by atoms with Gasteiger partial charge in [-0.15, -0.1) is 0 Å². The Balaban J connectivity index is 1.55. The van der Waals surface area contributed by atoms with Crippen molar-refractivity contribution in [2.75, 3.05) is 17.3 Å². The van der Waals surface area contributed by atoms with E-state index in [4.69, 9.17) is 10.4 Å². The third-order valence-electron chi connectivity index (χ3n) is 5.87. The van der Waals surface area contributed by atoms with E-state index in [0.29, 0.717) is 37.3 Å². The van der Waals surface area contributed by atoms with Crippen molar-refractivity contribution in [2.24, 2.45) is 0 Å². The molecule has 0 atom stereocenters. The Morgan fingerprint density at radius 3 is 2.82 bits per heavy atom. The Kier molecular flexibility index (Phi) is 3.49. The van der Waals surface area contributed by atoms with E-state index in [0.717, 1.165) is 28.3 Å². The molecule has 0 unspecified atom stereocenters. The number of nitrogens with zero attached hydrogens (tertiary/aromatic N) is 6. The van der Waals surface area contributed by atoms with Crippen LogP contribution in [-0.2, 0) is 10.2 Å². The number of carbonyl (C=O) groups excluding carboxylic acids is 1. The van der Waals surface area contributed by atoms with E-state index in [1.165, 1.54) is 6.33 Å². The van der Waals surface area contributed by atoms with Crippen LogP contribution in [0.3, 0.4) is 0 Å². The summed E-state index contributed by atoms with van der Waals surface area (Å²) in [6.07, 6.45) is 7.59. The molecule has 9 heteroatoms. The van der Waals surface area contributed by atoms with Crippen LogP contribution in [0.2, 0.25) is 0 Å². The molecule has 1 amide bonds. The number of likely N-dealkylation sites (N-methyl/N-ethyl adjacent to an activating group) is 1. The second-order valence-corrected chi connectivity index (χ2v) is 7.54. The summed E-state index contributed by atoms with van der Waals surface area (Å²) in [5.74, 6) is 0.506. The van der Waals surface area contributed by atoms with Crippen molar-refractivity contribution in [2.45, 2.75) is 38.0 Å². The molecule has 1 aliphatic carbocycles. The third-order valence-corrected chi connectivity index (χ3v) is 5.87. The summed E-state index contributed by atoms with van der Waals surface area (Å²) in [6, 6.07) is 1.94. The van der Waals surface area contributed by atoms with Gasteiger partial charge in [-0.05, 0) is 44.2 Å². The van der Waals surface area contributed by atoms with Crippen LogP contribution >= 0.6 is 0 Å². The molecule has 3 aromatic heterocycles. The normalized spacial score (nSPS) is 21.6. The van der Waals surface area contributed by atoms with Crippen LogP contribution < -0.4 is 10.2 Å². The van der Waals surface area contributed by atoms with Crippen LogP contribution in [0, 0.1) is 12.3 Å². The topological polar surface area (TPSA) is 112 Å². The summed E-state index contributed by atoms with van der Waals surface area (Å²) in [5.41, 5.74) is 4.19. The molecule has 2 N–H and O–H groups in total. The van der Waals surface area contributed by atoms with Gasteiger partial charge in [0, 0.05) is 12.8 Å². The van der Waals surface area contributed by atoms with E-state index in [2.05, 4.69) is 20.4 Å². The molecule has 0 bridgehead atoms. The van der Waals surface area contributed by atoms with E-state index >= 15 is 0 Å². The number of pyridine rings is 1. The summed E-state index contributed by atoms with van der Waals surface area (Å²) in [7, 11) is 1.77. The molecule has 1 spiro atoms. The number of amides is 1. The molecule has 4 heterocycles. The molecule has 1 saturated carbocycles. The highest BCUT2D eigenvalue weighted by atomic mass is 16.2. The lowest BCUT2D eigenvalue weighted by molar-refractivity contribution is -0.123. The molecule has 3 aromatic rings. The lowest BCUT2D eigenvalue weighted by Crippen LogP contribution is -2.42. The Morgan fingerprint density at radius 2 is 2.04 bits per heavy atom. The smallest absolute Gasteiger partial charge is 0.239 e. The van der Waals surface area contributed by atoms with Gasteiger partial charge in [0.1, 0.15) is 6.33 Å². The van der Waals surface area contributed by atoms with Crippen molar-refractivity contribution in [3.63, 3.8) is 0 Å². The fourth-order valence-electron chi connectivity index (χ4n) is 4.20. The molecular formula is C19H20N8O. The van der Waals surface area contributed by atoms with Crippen molar-refractivity contribution in [1.82, 2.24) is 24.6 Å². The zero-order valence-electron chi connectivity index (χ0n) is 15.7. The fourth-order valence-corrected chi connectivity index (χ4v) is 4.20. The maximum atomic E-state index is 13.0. The van der Waals surface area contributed by atoms with Crippen molar-refractivity contribution >= 4 is 34.6 Å². The number of fused-ring (bicyclic) bond motifs is 3. The molecule has 0 saturated heterocycles. The highest BCUT2D eigenvalue weighted by Crippen LogP contribution is 2.48. The minimum atomic E-state index is -0.640. The number of carbonyl (C=O) groups is 1. The second kappa shape index (κ2) is 5.82. The van der Waals surface area contributed by atoms with Crippen LogP contribution in [0.1, 0.15) is 36.9 Å². The van der Waals surface area contributed by atoms with Gasteiger partial charge in [0.15, 0.2) is 5.65 Å². The number of rotatable bonds is 2. The van der Waals surface area contributed by atoms with E-state index in [1.807, 2.05) is 19.2 Å². The van der Waals surface area contributed by atoms with Crippen LogP contribution in [0.5, 0.6) is 0 Å². The van der Waals surface area contributed by atoms with Gasteiger partial charge in [-0.2, -0.15) is 5.10 Å². The van der Waals surface area contributed by atoms with Gasteiger partial charge in [0.2, 0.25) is 11.9 Å². The van der Waals surface area contributed by atoms with E-state index in [1.54, 1.807) is 22.7 Å². The number of hydrogen-bond donors (Lipinski definition) is 2. The molecule has 9 nitrogen and oxygen atoms in total. The summed E-state index contributed by atoms with van der Waals surface area (Å²) in [4.78, 5) is 28.1. The largest absolute Gasteiger partial charge is 0.323 e. The molecule has 0 radical (unpaired) electrons. The lowest BCUT2D eigenvalue weighted by Gasteiger charge is -2.31. The molecule has 1 aliphatic heterocycles. The summed E-state index contributed by atoms with van der Waals surface area (Å²) < 4.78 is 1.69. The quantitative estimate of drug-likeness (QED) is 0.710. The molecule has 142 valence electrons. The number of nitrogens with one attached hydrogen (secondary N) is 2. The maximum Gasteiger partial charge on any atom is 0.239 e.